The SMILES string of the molecule is CCN(CC)C(C)(CC)C(N)Cc1ccc2c(c1)CCC2. The maximum absolute atomic E-state index is 6.65. The zero-order chi connectivity index (χ0) is 15.5. The second kappa shape index (κ2) is 6.93. The van der Waals surface area contributed by atoms with Crippen LogP contribution >= 0.6 is 0 Å². The fourth-order valence-electron chi connectivity index (χ4n) is 3.89. The van der Waals surface area contributed by atoms with E-state index in [0.717, 1.165) is 25.9 Å². The van der Waals surface area contributed by atoms with Crippen molar-refractivity contribution < 1.29 is 0 Å². The van der Waals surface area contributed by atoms with Crippen molar-refractivity contribution in [3.63, 3.8) is 0 Å². The van der Waals surface area contributed by atoms with Gasteiger partial charge >= 0.3 is 0 Å². The number of fused-ring (bicyclic) bond motifs is 1. The summed E-state index contributed by atoms with van der Waals surface area (Å²) in [5.74, 6) is 0. The van der Waals surface area contributed by atoms with Gasteiger partial charge in [-0.1, -0.05) is 39.0 Å². The van der Waals surface area contributed by atoms with Gasteiger partial charge < -0.3 is 5.73 Å². The highest BCUT2D eigenvalue weighted by Gasteiger charge is 2.34. The normalized spacial score (nSPS) is 18.6. The molecular formula is C19H32N2. The lowest BCUT2D eigenvalue weighted by Crippen LogP contribution is -2.58. The lowest BCUT2D eigenvalue weighted by Gasteiger charge is -2.44. The number of nitrogens with zero attached hydrogens (tertiary/aromatic N) is 1. The molecule has 0 radical (unpaired) electrons. The Hall–Kier alpha value is -0.860. The summed E-state index contributed by atoms with van der Waals surface area (Å²) in [7, 11) is 0. The smallest absolute Gasteiger partial charge is 0.0332 e. The van der Waals surface area contributed by atoms with Gasteiger partial charge in [0.2, 0.25) is 0 Å². The predicted molar refractivity (Wildman–Crippen MR) is 91.8 cm³/mol. The van der Waals surface area contributed by atoms with Gasteiger partial charge in [-0.25, -0.2) is 0 Å². The van der Waals surface area contributed by atoms with Crippen LogP contribution in [0.1, 0.15) is 57.2 Å². The maximum Gasteiger partial charge on any atom is 0.0332 e. The summed E-state index contributed by atoms with van der Waals surface area (Å²) in [5.41, 5.74) is 11.3. The van der Waals surface area contributed by atoms with Crippen molar-refractivity contribution in [2.75, 3.05) is 13.1 Å². The monoisotopic (exact) mass is 288 g/mol. The summed E-state index contributed by atoms with van der Waals surface area (Å²) >= 11 is 0. The van der Waals surface area contributed by atoms with Crippen molar-refractivity contribution in [2.45, 2.75) is 71.4 Å². The van der Waals surface area contributed by atoms with E-state index in [1.807, 2.05) is 0 Å². The Morgan fingerprint density at radius 3 is 2.43 bits per heavy atom. The molecule has 118 valence electrons. The van der Waals surface area contributed by atoms with E-state index >= 15 is 0 Å². The number of hydrogen-bond acceptors (Lipinski definition) is 2. The van der Waals surface area contributed by atoms with Crippen LogP contribution in [0.2, 0.25) is 0 Å². The summed E-state index contributed by atoms with van der Waals surface area (Å²) in [5, 5.41) is 0. The highest BCUT2D eigenvalue weighted by Crippen LogP contribution is 2.27. The van der Waals surface area contributed by atoms with Crippen molar-refractivity contribution in [3.05, 3.63) is 34.9 Å². The lowest BCUT2D eigenvalue weighted by molar-refractivity contribution is 0.0845. The third-order valence-electron chi connectivity index (χ3n) is 5.62. The molecule has 0 bridgehead atoms. The second-order valence-electron chi connectivity index (χ2n) is 6.65. The molecule has 2 rings (SSSR count). The molecule has 21 heavy (non-hydrogen) atoms. The standard InChI is InChI=1S/C19H32N2/c1-5-19(4,21(6-2)7-3)18(20)14-15-11-12-16-9-8-10-17(16)13-15/h11-13,18H,5-10,14,20H2,1-4H3. The molecule has 0 aliphatic heterocycles. The number of benzene rings is 1. The number of aryl methyl sites for hydroxylation is 2. The van der Waals surface area contributed by atoms with E-state index in [2.05, 4.69) is 50.8 Å². The van der Waals surface area contributed by atoms with Crippen LogP contribution in [0.5, 0.6) is 0 Å². The third kappa shape index (κ3) is 3.32. The van der Waals surface area contributed by atoms with Crippen molar-refractivity contribution in [1.29, 1.82) is 0 Å². The van der Waals surface area contributed by atoms with E-state index in [1.54, 1.807) is 11.1 Å². The highest BCUT2D eigenvalue weighted by molar-refractivity contribution is 5.35. The quantitative estimate of drug-likeness (QED) is 0.831. The second-order valence-corrected chi connectivity index (χ2v) is 6.65. The Morgan fingerprint density at radius 2 is 1.81 bits per heavy atom. The maximum atomic E-state index is 6.65. The Morgan fingerprint density at radius 1 is 1.14 bits per heavy atom. The summed E-state index contributed by atoms with van der Waals surface area (Å²) in [6.07, 6.45) is 5.90. The zero-order valence-corrected chi connectivity index (χ0v) is 14.3. The summed E-state index contributed by atoms with van der Waals surface area (Å²) in [6.45, 7) is 11.2. The predicted octanol–water partition coefficient (Wildman–Crippen LogP) is 3.56. The molecule has 2 heteroatoms. The van der Waals surface area contributed by atoms with Crippen molar-refractivity contribution in [2.24, 2.45) is 5.73 Å². The van der Waals surface area contributed by atoms with Gasteiger partial charge in [-0.15, -0.1) is 0 Å². The van der Waals surface area contributed by atoms with Crippen LogP contribution in [0.4, 0.5) is 0 Å². The fraction of sp³-hybridized carbons (Fsp3) is 0.684. The summed E-state index contributed by atoms with van der Waals surface area (Å²) in [6, 6.07) is 7.20. The molecule has 0 amide bonds. The highest BCUT2D eigenvalue weighted by atomic mass is 15.2. The third-order valence-corrected chi connectivity index (χ3v) is 5.62. The first-order valence-corrected chi connectivity index (χ1v) is 8.66. The minimum atomic E-state index is 0.0858. The molecule has 1 aliphatic rings. The van der Waals surface area contributed by atoms with E-state index in [4.69, 9.17) is 5.73 Å². The molecule has 2 atom stereocenters. The van der Waals surface area contributed by atoms with E-state index in [-0.39, 0.29) is 11.6 Å². The molecule has 0 heterocycles. The molecule has 0 saturated heterocycles. The van der Waals surface area contributed by atoms with E-state index in [0.29, 0.717) is 0 Å². The molecule has 2 N–H and O–H groups in total. The number of rotatable bonds is 7. The minimum Gasteiger partial charge on any atom is -0.326 e. The van der Waals surface area contributed by atoms with Crippen LogP contribution in [-0.2, 0) is 19.3 Å². The average Bonchev–Trinajstić information content (AvgIpc) is 2.95. The van der Waals surface area contributed by atoms with Crippen LogP contribution in [0.3, 0.4) is 0 Å². The number of hydrogen-bond donors (Lipinski definition) is 1. The first kappa shape index (κ1) is 16.5. The van der Waals surface area contributed by atoms with Gasteiger partial charge in [-0.05, 0) is 68.8 Å². The number of likely N-dealkylation sites (N-methyl/N-ethyl adjacent to an activating group) is 1. The van der Waals surface area contributed by atoms with Gasteiger partial charge in [0.25, 0.3) is 0 Å². The zero-order valence-electron chi connectivity index (χ0n) is 14.3. The lowest BCUT2D eigenvalue weighted by atomic mass is 9.83. The number of nitrogens with two attached hydrogens (primary N) is 1. The van der Waals surface area contributed by atoms with Crippen LogP contribution < -0.4 is 5.73 Å². The molecule has 0 saturated carbocycles. The first-order valence-electron chi connectivity index (χ1n) is 8.66. The van der Waals surface area contributed by atoms with Crippen molar-refractivity contribution >= 4 is 0 Å². The van der Waals surface area contributed by atoms with Gasteiger partial charge in [0.1, 0.15) is 0 Å². The molecule has 0 fully saturated rings. The molecule has 1 aromatic rings. The van der Waals surface area contributed by atoms with Gasteiger partial charge in [0.05, 0.1) is 0 Å². The Labute approximate surface area is 130 Å². The Balaban J connectivity index is 2.13. The molecular weight excluding hydrogens is 256 g/mol. The molecule has 1 aromatic carbocycles. The molecule has 2 unspecified atom stereocenters. The average molecular weight is 288 g/mol. The van der Waals surface area contributed by atoms with Crippen LogP contribution in [-0.4, -0.2) is 29.6 Å². The van der Waals surface area contributed by atoms with Gasteiger partial charge in [-0.2, -0.15) is 0 Å². The summed E-state index contributed by atoms with van der Waals surface area (Å²) < 4.78 is 0. The minimum absolute atomic E-state index is 0.0858. The Kier molecular flexibility index (Phi) is 5.45. The van der Waals surface area contributed by atoms with Crippen LogP contribution in [0.25, 0.3) is 0 Å². The van der Waals surface area contributed by atoms with E-state index < -0.39 is 0 Å². The first-order chi connectivity index (χ1) is 10.0. The van der Waals surface area contributed by atoms with Gasteiger partial charge in [0, 0.05) is 11.6 Å². The van der Waals surface area contributed by atoms with Crippen molar-refractivity contribution in [1.82, 2.24) is 4.90 Å². The van der Waals surface area contributed by atoms with E-state index in [1.165, 1.54) is 24.8 Å². The fourth-order valence-corrected chi connectivity index (χ4v) is 3.89. The molecule has 0 spiro atoms. The van der Waals surface area contributed by atoms with Gasteiger partial charge in [0.15, 0.2) is 0 Å². The van der Waals surface area contributed by atoms with Gasteiger partial charge in [-0.3, -0.25) is 4.90 Å². The molecule has 0 aromatic heterocycles. The molecule has 2 nitrogen and oxygen atoms in total. The summed E-state index contributed by atoms with van der Waals surface area (Å²) in [4.78, 5) is 2.52. The largest absolute Gasteiger partial charge is 0.326 e. The Bertz CT molecular complexity index is 465. The molecule has 1 aliphatic carbocycles. The van der Waals surface area contributed by atoms with Crippen LogP contribution in [0.15, 0.2) is 18.2 Å². The topological polar surface area (TPSA) is 29.3 Å². The van der Waals surface area contributed by atoms with Crippen LogP contribution in [0, 0.1) is 0 Å². The van der Waals surface area contributed by atoms with E-state index in [9.17, 15) is 0 Å². The van der Waals surface area contributed by atoms with Crippen molar-refractivity contribution in [3.8, 4) is 0 Å².